The zero-order valence-electron chi connectivity index (χ0n) is 14.1. The average Bonchev–Trinajstić information content (AvgIpc) is 3.12. The molecule has 2 aromatic rings. The van der Waals surface area contributed by atoms with Crippen LogP contribution in [0.2, 0.25) is 0 Å². The Balaban J connectivity index is 1.50. The van der Waals surface area contributed by atoms with Crippen LogP contribution in [0.4, 0.5) is 0 Å². The number of hydrogen-bond donors (Lipinski definition) is 0. The Labute approximate surface area is 136 Å². The molecule has 0 atom stereocenters. The van der Waals surface area contributed by atoms with Crippen molar-refractivity contribution in [2.75, 3.05) is 13.1 Å². The van der Waals surface area contributed by atoms with Crippen molar-refractivity contribution in [2.24, 2.45) is 7.05 Å². The number of hydrogen-bond acceptors (Lipinski definition) is 4. The van der Waals surface area contributed by atoms with E-state index in [0.29, 0.717) is 18.8 Å². The van der Waals surface area contributed by atoms with Crippen molar-refractivity contribution in [2.45, 2.75) is 45.4 Å². The van der Waals surface area contributed by atoms with Crippen molar-refractivity contribution in [3.05, 3.63) is 35.0 Å². The number of nitrogens with zero attached hydrogens (tertiary/aromatic N) is 4. The number of likely N-dealkylation sites (tertiary alicyclic amines) is 1. The maximum atomic E-state index is 12.4. The molecule has 3 rings (SSSR count). The van der Waals surface area contributed by atoms with Gasteiger partial charge in [0.2, 0.25) is 5.91 Å². The fourth-order valence-corrected chi connectivity index (χ4v) is 3.32. The van der Waals surface area contributed by atoms with Crippen molar-refractivity contribution < 1.29 is 9.32 Å². The van der Waals surface area contributed by atoms with Crippen LogP contribution in [-0.4, -0.2) is 38.8 Å². The second-order valence-electron chi connectivity index (χ2n) is 6.37. The molecule has 124 valence electrons. The first-order valence-electron chi connectivity index (χ1n) is 8.23. The van der Waals surface area contributed by atoms with Gasteiger partial charge in [-0.25, -0.2) is 0 Å². The monoisotopic (exact) mass is 316 g/mol. The number of aromatic nitrogens is 3. The molecule has 0 unspecified atom stereocenters. The summed E-state index contributed by atoms with van der Waals surface area (Å²) in [6.45, 7) is 5.47. The molecule has 0 aliphatic carbocycles. The lowest BCUT2D eigenvalue weighted by Crippen LogP contribution is -2.38. The molecule has 1 fully saturated rings. The number of carbonyl (C=O) groups excluding carboxylic acids is 1. The van der Waals surface area contributed by atoms with Crippen LogP contribution >= 0.6 is 0 Å². The van der Waals surface area contributed by atoms with Gasteiger partial charge in [-0.05, 0) is 39.2 Å². The standard InChI is InChI=1S/C17H24N4O2/c1-12-15(13(2)23-19-12)4-5-17(22)21-10-6-14(7-11-21)16-8-9-20(3)18-16/h8-9,14H,4-7,10-11H2,1-3H3. The van der Waals surface area contributed by atoms with Crippen molar-refractivity contribution in [3.63, 3.8) is 0 Å². The van der Waals surface area contributed by atoms with Gasteiger partial charge >= 0.3 is 0 Å². The smallest absolute Gasteiger partial charge is 0.222 e. The highest BCUT2D eigenvalue weighted by atomic mass is 16.5. The molecule has 1 saturated heterocycles. The van der Waals surface area contributed by atoms with Gasteiger partial charge in [-0.3, -0.25) is 9.48 Å². The first kappa shape index (κ1) is 15.8. The van der Waals surface area contributed by atoms with Crippen LogP contribution in [0.1, 0.15) is 47.9 Å². The summed E-state index contributed by atoms with van der Waals surface area (Å²) in [6, 6.07) is 2.08. The predicted molar refractivity (Wildman–Crippen MR) is 86.1 cm³/mol. The van der Waals surface area contributed by atoms with E-state index < -0.39 is 0 Å². The summed E-state index contributed by atoms with van der Waals surface area (Å²) in [4.78, 5) is 14.4. The molecule has 6 nitrogen and oxygen atoms in total. The minimum atomic E-state index is 0.226. The maximum Gasteiger partial charge on any atom is 0.222 e. The van der Waals surface area contributed by atoms with Crippen molar-refractivity contribution in [1.29, 1.82) is 0 Å². The van der Waals surface area contributed by atoms with E-state index in [-0.39, 0.29) is 5.91 Å². The third kappa shape index (κ3) is 3.46. The summed E-state index contributed by atoms with van der Waals surface area (Å²) in [5, 5.41) is 8.43. The molecule has 0 spiro atoms. The van der Waals surface area contributed by atoms with Gasteiger partial charge in [-0.15, -0.1) is 0 Å². The SMILES string of the molecule is Cc1noc(C)c1CCC(=O)N1CCC(c2ccn(C)n2)CC1. The molecule has 1 aliphatic rings. The number of amides is 1. The highest BCUT2D eigenvalue weighted by Gasteiger charge is 2.25. The van der Waals surface area contributed by atoms with Crippen molar-refractivity contribution in [3.8, 4) is 0 Å². The predicted octanol–water partition coefficient (Wildman–Crippen LogP) is 2.36. The zero-order valence-corrected chi connectivity index (χ0v) is 14.1. The summed E-state index contributed by atoms with van der Waals surface area (Å²) in [5.74, 6) is 1.52. The first-order chi connectivity index (χ1) is 11.0. The van der Waals surface area contributed by atoms with Gasteiger partial charge in [-0.1, -0.05) is 5.16 Å². The van der Waals surface area contributed by atoms with Gasteiger partial charge in [-0.2, -0.15) is 5.10 Å². The molecule has 0 N–H and O–H groups in total. The Morgan fingerprint density at radius 2 is 2.09 bits per heavy atom. The van der Waals surface area contributed by atoms with E-state index in [1.54, 1.807) is 0 Å². The topological polar surface area (TPSA) is 64.2 Å². The Morgan fingerprint density at radius 3 is 2.65 bits per heavy atom. The number of aryl methyl sites for hydroxylation is 3. The Kier molecular flexibility index (Phi) is 4.50. The average molecular weight is 316 g/mol. The zero-order chi connectivity index (χ0) is 16.4. The van der Waals surface area contributed by atoms with E-state index >= 15 is 0 Å². The van der Waals surface area contributed by atoms with Gasteiger partial charge in [0.25, 0.3) is 0 Å². The summed E-state index contributed by atoms with van der Waals surface area (Å²) in [5.41, 5.74) is 3.11. The lowest BCUT2D eigenvalue weighted by Gasteiger charge is -2.31. The fraction of sp³-hybridized carbons (Fsp3) is 0.588. The Morgan fingerprint density at radius 1 is 1.35 bits per heavy atom. The summed E-state index contributed by atoms with van der Waals surface area (Å²) < 4.78 is 7.00. The molecule has 0 aromatic carbocycles. The van der Waals surface area contributed by atoms with Crippen LogP contribution in [0.15, 0.2) is 16.8 Å². The molecular formula is C17H24N4O2. The van der Waals surface area contributed by atoms with Crippen molar-refractivity contribution in [1.82, 2.24) is 19.8 Å². The van der Waals surface area contributed by atoms with E-state index in [9.17, 15) is 4.79 Å². The summed E-state index contributed by atoms with van der Waals surface area (Å²) >= 11 is 0. The number of piperidine rings is 1. The van der Waals surface area contributed by atoms with Crippen LogP contribution in [0, 0.1) is 13.8 Å². The minimum Gasteiger partial charge on any atom is -0.361 e. The Bertz CT molecular complexity index is 661. The lowest BCUT2D eigenvalue weighted by molar-refractivity contribution is -0.132. The second kappa shape index (κ2) is 6.56. The quantitative estimate of drug-likeness (QED) is 0.868. The molecular weight excluding hydrogens is 292 g/mol. The maximum absolute atomic E-state index is 12.4. The molecule has 0 radical (unpaired) electrons. The molecule has 6 heteroatoms. The molecule has 23 heavy (non-hydrogen) atoms. The summed E-state index contributed by atoms with van der Waals surface area (Å²) in [6.07, 6.45) is 5.20. The molecule has 3 heterocycles. The largest absolute Gasteiger partial charge is 0.361 e. The van der Waals surface area contributed by atoms with Gasteiger partial charge in [0.1, 0.15) is 5.76 Å². The number of carbonyl (C=O) groups is 1. The molecule has 0 bridgehead atoms. The van der Waals surface area contributed by atoms with E-state index in [4.69, 9.17) is 4.52 Å². The van der Waals surface area contributed by atoms with E-state index in [1.807, 2.05) is 36.7 Å². The van der Waals surface area contributed by atoms with E-state index in [2.05, 4.69) is 16.3 Å². The van der Waals surface area contributed by atoms with E-state index in [1.165, 1.54) is 0 Å². The lowest BCUT2D eigenvalue weighted by atomic mass is 9.93. The van der Waals surface area contributed by atoms with Crippen LogP contribution in [0.25, 0.3) is 0 Å². The van der Waals surface area contributed by atoms with Crippen LogP contribution in [0.3, 0.4) is 0 Å². The van der Waals surface area contributed by atoms with Gasteiger partial charge < -0.3 is 9.42 Å². The third-order valence-electron chi connectivity index (χ3n) is 4.77. The highest BCUT2D eigenvalue weighted by Crippen LogP contribution is 2.27. The molecule has 1 amide bonds. The Hall–Kier alpha value is -2.11. The molecule has 0 saturated carbocycles. The number of rotatable bonds is 4. The van der Waals surface area contributed by atoms with Crippen LogP contribution in [-0.2, 0) is 18.3 Å². The second-order valence-corrected chi connectivity index (χ2v) is 6.37. The first-order valence-corrected chi connectivity index (χ1v) is 8.23. The summed E-state index contributed by atoms with van der Waals surface area (Å²) in [7, 11) is 1.94. The van der Waals surface area contributed by atoms with Crippen LogP contribution < -0.4 is 0 Å². The van der Waals surface area contributed by atoms with Gasteiger partial charge in [0.15, 0.2) is 0 Å². The van der Waals surface area contributed by atoms with E-state index in [0.717, 1.165) is 48.6 Å². The minimum absolute atomic E-state index is 0.226. The normalized spacial score (nSPS) is 16.0. The van der Waals surface area contributed by atoms with Crippen molar-refractivity contribution >= 4 is 5.91 Å². The highest BCUT2D eigenvalue weighted by molar-refractivity contribution is 5.76. The fourth-order valence-electron chi connectivity index (χ4n) is 3.32. The third-order valence-corrected chi connectivity index (χ3v) is 4.77. The van der Waals surface area contributed by atoms with Gasteiger partial charge in [0.05, 0.1) is 11.4 Å². The van der Waals surface area contributed by atoms with Crippen LogP contribution in [0.5, 0.6) is 0 Å². The molecule has 1 aliphatic heterocycles. The molecule has 2 aromatic heterocycles. The van der Waals surface area contributed by atoms with Gasteiger partial charge in [0, 0.05) is 44.2 Å².